The van der Waals surface area contributed by atoms with Crippen molar-refractivity contribution in [2.45, 2.75) is 32.9 Å². The van der Waals surface area contributed by atoms with Crippen molar-refractivity contribution in [3.8, 4) is 0 Å². The van der Waals surface area contributed by atoms with Crippen LogP contribution in [0, 0.1) is 0 Å². The molecule has 0 atom stereocenters. The molecule has 1 aromatic carbocycles. The van der Waals surface area contributed by atoms with E-state index in [1.54, 1.807) is 20.8 Å². The highest BCUT2D eigenvalue weighted by atomic mass is 16.6. The fourth-order valence-electron chi connectivity index (χ4n) is 2.86. The van der Waals surface area contributed by atoms with E-state index in [-0.39, 0.29) is 29.1 Å². The molecule has 0 unspecified atom stereocenters. The molecule has 3 aromatic rings. The predicted octanol–water partition coefficient (Wildman–Crippen LogP) is 2.40. The van der Waals surface area contributed by atoms with Gasteiger partial charge in [0.1, 0.15) is 5.60 Å². The predicted molar refractivity (Wildman–Crippen MR) is 107 cm³/mol. The highest BCUT2D eigenvalue weighted by Crippen LogP contribution is 2.21. The van der Waals surface area contributed by atoms with Crippen LogP contribution in [0.2, 0.25) is 0 Å². The minimum atomic E-state index is -0.787. The highest BCUT2D eigenvalue weighted by Gasteiger charge is 2.27. The van der Waals surface area contributed by atoms with Gasteiger partial charge in [0, 0.05) is 6.20 Å². The molecular formula is C20H22N4O5. The minimum Gasteiger partial charge on any atom is -0.465 e. The summed E-state index contributed by atoms with van der Waals surface area (Å²) >= 11 is 0. The van der Waals surface area contributed by atoms with E-state index in [4.69, 9.17) is 15.2 Å². The average Bonchev–Trinajstić information content (AvgIpc) is 3.03. The van der Waals surface area contributed by atoms with Crippen molar-refractivity contribution in [2.24, 2.45) is 0 Å². The molecule has 0 radical (unpaired) electrons. The Morgan fingerprint density at radius 1 is 1.17 bits per heavy atom. The fourth-order valence-corrected chi connectivity index (χ4v) is 2.86. The van der Waals surface area contributed by atoms with Crippen LogP contribution in [0.1, 0.15) is 36.7 Å². The smallest absolute Gasteiger partial charge is 0.420 e. The molecule has 152 valence electrons. The van der Waals surface area contributed by atoms with Gasteiger partial charge >= 0.3 is 12.1 Å². The standard InChI is InChI=1S/C20H22N4O5/c1-20(2,3)29-19(27)23-11-13(17(26)28-4)14-15(23)22-18(21)24(16(14)25)10-12-8-6-5-7-9-12/h5-9,11H,10H2,1-4H3,(H2,21,22). The third-order valence-corrected chi connectivity index (χ3v) is 4.11. The van der Waals surface area contributed by atoms with Crippen LogP contribution < -0.4 is 11.3 Å². The van der Waals surface area contributed by atoms with Crippen molar-refractivity contribution in [1.82, 2.24) is 14.1 Å². The van der Waals surface area contributed by atoms with Crippen molar-refractivity contribution >= 4 is 29.0 Å². The molecule has 2 aromatic heterocycles. The summed E-state index contributed by atoms with van der Waals surface area (Å²) in [6.45, 7) is 5.26. The number of methoxy groups -OCH3 is 1. The van der Waals surface area contributed by atoms with Crippen LogP contribution in [0.15, 0.2) is 41.3 Å². The summed E-state index contributed by atoms with van der Waals surface area (Å²) in [7, 11) is 1.19. The number of hydrogen-bond donors (Lipinski definition) is 1. The number of esters is 1. The Morgan fingerprint density at radius 2 is 1.83 bits per heavy atom. The summed E-state index contributed by atoms with van der Waals surface area (Å²) in [5.74, 6) is -0.863. The lowest BCUT2D eigenvalue weighted by Gasteiger charge is -2.19. The molecule has 0 bridgehead atoms. The molecule has 2 heterocycles. The van der Waals surface area contributed by atoms with Crippen LogP contribution in [0.5, 0.6) is 0 Å². The number of carbonyl (C=O) groups is 2. The number of fused-ring (bicyclic) bond motifs is 1. The minimum absolute atomic E-state index is 0.0622. The van der Waals surface area contributed by atoms with Crippen LogP contribution >= 0.6 is 0 Å². The molecule has 0 fully saturated rings. The summed E-state index contributed by atoms with van der Waals surface area (Å²) in [6.07, 6.45) is 0.399. The highest BCUT2D eigenvalue weighted by molar-refractivity contribution is 6.05. The molecule has 0 saturated heterocycles. The molecule has 0 amide bonds. The Balaban J connectivity index is 2.23. The topological polar surface area (TPSA) is 118 Å². The van der Waals surface area contributed by atoms with Crippen molar-refractivity contribution < 1.29 is 19.1 Å². The zero-order valence-corrected chi connectivity index (χ0v) is 16.6. The lowest BCUT2D eigenvalue weighted by Crippen LogP contribution is -2.28. The van der Waals surface area contributed by atoms with Gasteiger partial charge in [-0.1, -0.05) is 30.3 Å². The quantitative estimate of drug-likeness (QED) is 0.673. The van der Waals surface area contributed by atoms with Gasteiger partial charge in [-0.2, -0.15) is 4.98 Å². The van der Waals surface area contributed by atoms with Crippen LogP contribution in [0.3, 0.4) is 0 Å². The lowest BCUT2D eigenvalue weighted by atomic mass is 10.2. The summed E-state index contributed by atoms with van der Waals surface area (Å²) in [4.78, 5) is 42.3. The molecular weight excluding hydrogens is 376 g/mol. The molecule has 0 saturated carbocycles. The number of carbonyl (C=O) groups excluding carboxylic acids is 2. The third kappa shape index (κ3) is 3.98. The Kier molecular flexibility index (Phi) is 5.15. The zero-order chi connectivity index (χ0) is 21.3. The molecule has 2 N–H and O–H groups in total. The molecule has 0 aliphatic rings. The second-order valence-electron chi connectivity index (χ2n) is 7.43. The Labute approximate surface area is 166 Å². The summed E-state index contributed by atoms with van der Waals surface area (Å²) in [6, 6.07) is 9.20. The van der Waals surface area contributed by atoms with E-state index in [0.29, 0.717) is 0 Å². The Bertz CT molecular complexity index is 1140. The van der Waals surface area contributed by atoms with Crippen LogP contribution in [0.4, 0.5) is 10.7 Å². The first-order valence-electron chi connectivity index (χ1n) is 8.89. The number of nitrogens with two attached hydrogens (primary N) is 1. The van der Waals surface area contributed by atoms with Gasteiger partial charge in [-0.3, -0.25) is 9.36 Å². The first-order valence-corrected chi connectivity index (χ1v) is 8.89. The van der Waals surface area contributed by atoms with Crippen molar-refractivity contribution in [3.05, 3.63) is 58.0 Å². The number of hydrogen-bond acceptors (Lipinski definition) is 7. The summed E-state index contributed by atoms with van der Waals surface area (Å²) < 4.78 is 12.4. The van der Waals surface area contributed by atoms with E-state index < -0.39 is 23.2 Å². The first kappa shape index (κ1) is 20.1. The Morgan fingerprint density at radius 3 is 2.41 bits per heavy atom. The van der Waals surface area contributed by atoms with Crippen LogP contribution in [0.25, 0.3) is 11.0 Å². The van der Waals surface area contributed by atoms with Gasteiger partial charge < -0.3 is 15.2 Å². The number of ether oxygens (including phenoxy) is 2. The van der Waals surface area contributed by atoms with Gasteiger partial charge in [0.2, 0.25) is 5.95 Å². The maximum absolute atomic E-state index is 13.2. The van der Waals surface area contributed by atoms with Gasteiger partial charge in [-0.05, 0) is 26.3 Å². The van der Waals surface area contributed by atoms with E-state index in [9.17, 15) is 14.4 Å². The number of nitrogens with zero attached hydrogens (tertiary/aromatic N) is 3. The lowest BCUT2D eigenvalue weighted by molar-refractivity contribution is 0.0543. The SMILES string of the molecule is COC(=O)c1cn(C(=O)OC(C)(C)C)c2nc(N)n(Cc3ccccc3)c(=O)c12. The number of aromatic nitrogens is 3. The molecule has 29 heavy (non-hydrogen) atoms. The van der Waals surface area contributed by atoms with E-state index in [0.717, 1.165) is 10.1 Å². The largest absolute Gasteiger partial charge is 0.465 e. The van der Waals surface area contributed by atoms with Crippen molar-refractivity contribution in [2.75, 3.05) is 12.8 Å². The normalized spacial score (nSPS) is 11.4. The number of nitrogen functional groups attached to an aromatic ring is 1. The zero-order valence-electron chi connectivity index (χ0n) is 16.6. The van der Waals surface area contributed by atoms with E-state index in [1.807, 2.05) is 30.3 Å². The van der Waals surface area contributed by atoms with Crippen LogP contribution in [-0.2, 0) is 16.0 Å². The maximum atomic E-state index is 13.2. The van der Waals surface area contributed by atoms with Gasteiger partial charge in [0.25, 0.3) is 5.56 Å². The monoisotopic (exact) mass is 398 g/mol. The number of rotatable bonds is 3. The second-order valence-corrected chi connectivity index (χ2v) is 7.43. The van der Waals surface area contributed by atoms with Crippen LogP contribution in [-0.4, -0.2) is 38.9 Å². The molecule has 3 rings (SSSR count). The maximum Gasteiger partial charge on any atom is 0.420 e. The first-order chi connectivity index (χ1) is 13.6. The van der Waals surface area contributed by atoms with Gasteiger partial charge in [-0.15, -0.1) is 0 Å². The van der Waals surface area contributed by atoms with Gasteiger partial charge in [0.05, 0.1) is 24.6 Å². The molecule has 9 heteroatoms. The number of anilines is 1. The summed E-state index contributed by atoms with van der Waals surface area (Å²) in [5, 5.41) is -0.0622. The molecule has 0 spiro atoms. The molecule has 9 nitrogen and oxygen atoms in total. The average molecular weight is 398 g/mol. The van der Waals surface area contributed by atoms with Gasteiger partial charge in [-0.25, -0.2) is 14.2 Å². The van der Waals surface area contributed by atoms with E-state index in [2.05, 4.69) is 4.98 Å². The third-order valence-electron chi connectivity index (χ3n) is 4.11. The van der Waals surface area contributed by atoms with Crippen molar-refractivity contribution in [1.29, 1.82) is 0 Å². The van der Waals surface area contributed by atoms with Gasteiger partial charge in [0.15, 0.2) is 5.65 Å². The number of benzene rings is 1. The second kappa shape index (κ2) is 7.42. The van der Waals surface area contributed by atoms with E-state index >= 15 is 0 Å². The van der Waals surface area contributed by atoms with Crippen molar-refractivity contribution in [3.63, 3.8) is 0 Å². The summed E-state index contributed by atoms with van der Waals surface area (Å²) in [5.41, 5.74) is 5.35. The van der Waals surface area contributed by atoms with E-state index in [1.165, 1.54) is 17.9 Å². The molecule has 0 aliphatic carbocycles. The molecule has 0 aliphatic heterocycles. The Hall–Kier alpha value is -3.62. The fraction of sp³-hybridized carbons (Fsp3) is 0.300.